The van der Waals surface area contributed by atoms with Crippen LogP contribution in [0.1, 0.15) is 10.4 Å². The van der Waals surface area contributed by atoms with Crippen LogP contribution in [-0.4, -0.2) is 25.7 Å². The normalized spacial score (nSPS) is 11.1. The molecule has 3 aromatic rings. The van der Waals surface area contributed by atoms with E-state index in [0.29, 0.717) is 11.0 Å². The van der Waals surface area contributed by atoms with E-state index in [9.17, 15) is 4.79 Å². The van der Waals surface area contributed by atoms with Crippen LogP contribution in [0.15, 0.2) is 30.5 Å². The summed E-state index contributed by atoms with van der Waals surface area (Å²) >= 11 is 0. The van der Waals surface area contributed by atoms with E-state index in [4.69, 9.17) is 10.8 Å². The van der Waals surface area contributed by atoms with Gasteiger partial charge in [0.2, 0.25) is 0 Å². The molecule has 17 heavy (non-hydrogen) atoms. The minimum atomic E-state index is -1.07. The molecule has 3 N–H and O–H groups in total. The Morgan fingerprint density at radius 3 is 2.88 bits per heavy atom. The fourth-order valence-corrected chi connectivity index (χ4v) is 1.85. The summed E-state index contributed by atoms with van der Waals surface area (Å²) in [6.45, 7) is 0. The van der Waals surface area contributed by atoms with Crippen LogP contribution in [-0.2, 0) is 0 Å². The highest BCUT2D eigenvalue weighted by Crippen LogP contribution is 2.22. The number of carboxylic acids is 1. The van der Waals surface area contributed by atoms with Crippen molar-refractivity contribution in [2.24, 2.45) is 0 Å². The Morgan fingerprint density at radius 1 is 1.35 bits per heavy atom. The fourth-order valence-electron chi connectivity index (χ4n) is 1.85. The molecule has 2 heterocycles. The van der Waals surface area contributed by atoms with Crippen LogP contribution in [0.2, 0.25) is 0 Å². The molecule has 0 aliphatic carbocycles. The molecule has 0 aliphatic heterocycles. The van der Waals surface area contributed by atoms with Crippen molar-refractivity contribution in [2.45, 2.75) is 0 Å². The van der Waals surface area contributed by atoms with Crippen LogP contribution >= 0.6 is 0 Å². The Hall–Kier alpha value is -2.63. The Balaban J connectivity index is 2.56. The zero-order valence-electron chi connectivity index (χ0n) is 8.66. The van der Waals surface area contributed by atoms with E-state index in [-0.39, 0.29) is 11.4 Å². The largest absolute Gasteiger partial charge is 0.478 e. The summed E-state index contributed by atoms with van der Waals surface area (Å²) in [5, 5.41) is 13.1. The number of aromatic carboxylic acids is 1. The third-order valence-electron chi connectivity index (χ3n) is 2.59. The number of nitrogen functional groups attached to an aromatic ring is 1. The van der Waals surface area contributed by atoms with Crippen molar-refractivity contribution in [1.82, 2.24) is 14.6 Å². The van der Waals surface area contributed by atoms with Gasteiger partial charge in [0.15, 0.2) is 5.82 Å². The highest BCUT2D eigenvalue weighted by atomic mass is 16.4. The van der Waals surface area contributed by atoms with Gasteiger partial charge in [-0.3, -0.25) is 0 Å². The highest BCUT2D eigenvalue weighted by molar-refractivity contribution is 6.00. The summed E-state index contributed by atoms with van der Waals surface area (Å²) in [6, 6.07) is 7.28. The predicted molar refractivity (Wildman–Crippen MR) is 61.9 cm³/mol. The topological polar surface area (TPSA) is 93.5 Å². The Labute approximate surface area is 95.3 Å². The smallest absolute Gasteiger partial charge is 0.339 e. The lowest BCUT2D eigenvalue weighted by molar-refractivity contribution is 0.0699. The number of hydrogen-bond acceptors (Lipinski definition) is 4. The molecule has 1 aromatic carbocycles. The molecule has 2 aromatic heterocycles. The lowest BCUT2D eigenvalue weighted by Gasteiger charge is -2.03. The van der Waals surface area contributed by atoms with E-state index in [1.165, 1.54) is 10.7 Å². The molecular formula is C11H8N4O2. The second-order valence-corrected chi connectivity index (χ2v) is 3.61. The van der Waals surface area contributed by atoms with Gasteiger partial charge in [0.25, 0.3) is 0 Å². The third kappa shape index (κ3) is 1.24. The third-order valence-corrected chi connectivity index (χ3v) is 2.59. The van der Waals surface area contributed by atoms with Crippen LogP contribution in [0, 0.1) is 0 Å². The average molecular weight is 228 g/mol. The molecule has 84 valence electrons. The zero-order chi connectivity index (χ0) is 12.0. The second-order valence-electron chi connectivity index (χ2n) is 3.61. The predicted octanol–water partition coefficient (Wildman–Crippen LogP) is 1.16. The first-order chi connectivity index (χ1) is 8.18. The molecule has 0 saturated heterocycles. The highest BCUT2D eigenvalue weighted by Gasteiger charge is 2.16. The number of para-hydroxylation sites is 2. The Kier molecular flexibility index (Phi) is 1.79. The molecule has 0 atom stereocenters. The van der Waals surface area contributed by atoms with Gasteiger partial charge in [0.05, 0.1) is 17.2 Å². The van der Waals surface area contributed by atoms with E-state index < -0.39 is 5.97 Å². The quantitative estimate of drug-likeness (QED) is 0.651. The molecule has 0 radical (unpaired) electrons. The van der Waals surface area contributed by atoms with Crippen molar-refractivity contribution >= 4 is 28.3 Å². The van der Waals surface area contributed by atoms with Crippen LogP contribution < -0.4 is 5.73 Å². The van der Waals surface area contributed by atoms with Crippen LogP contribution in [0.3, 0.4) is 0 Å². The Bertz CT molecular complexity index is 748. The van der Waals surface area contributed by atoms with Crippen LogP contribution in [0.5, 0.6) is 0 Å². The standard InChI is InChI=1S/C11H8N4O2/c12-10-9-6(11(16)17)5-13-15(9)8-4-2-1-3-7(8)14-10/h1-5H,(H2,12,14)(H,16,17). The van der Waals surface area contributed by atoms with E-state index >= 15 is 0 Å². The van der Waals surface area contributed by atoms with Gasteiger partial charge < -0.3 is 10.8 Å². The van der Waals surface area contributed by atoms with Gasteiger partial charge in [0, 0.05) is 0 Å². The summed E-state index contributed by atoms with van der Waals surface area (Å²) in [5.74, 6) is -0.901. The summed E-state index contributed by atoms with van der Waals surface area (Å²) in [5.41, 5.74) is 7.56. The monoisotopic (exact) mass is 228 g/mol. The number of carbonyl (C=O) groups is 1. The molecule has 0 aliphatic rings. The number of fused-ring (bicyclic) bond motifs is 3. The van der Waals surface area contributed by atoms with Crippen molar-refractivity contribution < 1.29 is 9.90 Å². The van der Waals surface area contributed by atoms with Gasteiger partial charge in [-0.15, -0.1) is 0 Å². The number of benzene rings is 1. The first-order valence-corrected chi connectivity index (χ1v) is 4.94. The number of nitrogens with zero attached hydrogens (tertiary/aromatic N) is 3. The number of carboxylic acid groups (broad SMARTS) is 1. The van der Waals surface area contributed by atoms with E-state index in [0.717, 1.165) is 5.52 Å². The SMILES string of the molecule is Nc1nc2ccccc2n2ncc(C(=O)O)c12. The van der Waals surface area contributed by atoms with E-state index in [1.54, 1.807) is 6.07 Å². The van der Waals surface area contributed by atoms with Gasteiger partial charge in [-0.25, -0.2) is 14.3 Å². The van der Waals surface area contributed by atoms with E-state index in [2.05, 4.69) is 10.1 Å². The molecule has 3 rings (SSSR count). The second kappa shape index (κ2) is 3.18. The molecule has 6 heteroatoms. The van der Waals surface area contributed by atoms with Crippen molar-refractivity contribution in [2.75, 3.05) is 5.73 Å². The Morgan fingerprint density at radius 2 is 2.12 bits per heavy atom. The molecule has 0 fully saturated rings. The van der Waals surface area contributed by atoms with Crippen molar-refractivity contribution in [3.8, 4) is 0 Å². The van der Waals surface area contributed by atoms with Gasteiger partial charge >= 0.3 is 5.97 Å². The summed E-state index contributed by atoms with van der Waals surface area (Å²) in [4.78, 5) is 15.2. The first-order valence-electron chi connectivity index (χ1n) is 4.94. The van der Waals surface area contributed by atoms with Gasteiger partial charge in [0.1, 0.15) is 11.1 Å². The summed E-state index contributed by atoms with van der Waals surface area (Å²) < 4.78 is 1.50. The number of nitrogens with two attached hydrogens (primary N) is 1. The van der Waals surface area contributed by atoms with Crippen LogP contribution in [0.4, 0.5) is 5.82 Å². The maximum atomic E-state index is 11.0. The number of rotatable bonds is 1. The van der Waals surface area contributed by atoms with Crippen molar-refractivity contribution in [1.29, 1.82) is 0 Å². The van der Waals surface area contributed by atoms with Crippen molar-refractivity contribution in [3.05, 3.63) is 36.0 Å². The minimum absolute atomic E-state index is 0.0563. The fraction of sp³-hybridized carbons (Fsp3) is 0. The summed E-state index contributed by atoms with van der Waals surface area (Å²) in [6.07, 6.45) is 1.28. The molecule has 0 bridgehead atoms. The van der Waals surface area contributed by atoms with Gasteiger partial charge in [-0.05, 0) is 12.1 Å². The lowest BCUT2D eigenvalue weighted by atomic mass is 10.2. The molecule has 0 amide bonds. The number of aromatic nitrogens is 3. The molecular weight excluding hydrogens is 220 g/mol. The van der Waals surface area contributed by atoms with E-state index in [1.807, 2.05) is 18.2 Å². The van der Waals surface area contributed by atoms with Crippen LogP contribution in [0.25, 0.3) is 16.6 Å². The van der Waals surface area contributed by atoms with Crippen molar-refractivity contribution in [3.63, 3.8) is 0 Å². The number of hydrogen-bond donors (Lipinski definition) is 2. The minimum Gasteiger partial charge on any atom is -0.478 e. The number of anilines is 1. The average Bonchev–Trinajstić information content (AvgIpc) is 2.74. The maximum Gasteiger partial charge on any atom is 0.339 e. The summed E-state index contributed by atoms with van der Waals surface area (Å²) in [7, 11) is 0. The first kappa shape index (κ1) is 9.59. The maximum absolute atomic E-state index is 11.0. The van der Waals surface area contributed by atoms with Gasteiger partial charge in [-0.1, -0.05) is 12.1 Å². The molecule has 6 nitrogen and oxygen atoms in total. The van der Waals surface area contributed by atoms with Gasteiger partial charge in [-0.2, -0.15) is 5.10 Å². The lowest BCUT2D eigenvalue weighted by Crippen LogP contribution is -2.02. The molecule has 0 unspecified atom stereocenters. The molecule has 0 spiro atoms. The zero-order valence-corrected chi connectivity index (χ0v) is 8.66. The molecule has 0 saturated carbocycles.